The number of carbonyl (C=O) groups is 2. The molecule has 3 N–H and O–H groups in total. The van der Waals surface area contributed by atoms with Crippen LogP contribution in [0.4, 0.5) is 16.3 Å². The zero-order chi connectivity index (χ0) is 20.1. The molecule has 1 aromatic carbocycles. The van der Waals surface area contributed by atoms with E-state index in [2.05, 4.69) is 16.5 Å². The van der Waals surface area contributed by atoms with E-state index in [4.69, 9.17) is 15.8 Å². The van der Waals surface area contributed by atoms with Crippen LogP contribution in [-0.2, 0) is 0 Å². The Morgan fingerprint density at radius 3 is 2.79 bits per heavy atom. The number of nitrogens with two attached hydrogens (primary N) is 1. The molecule has 1 aliphatic heterocycles. The maximum atomic E-state index is 12.5. The molecule has 0 aliphatic carbocycles. The number of nitrogens with one attached hydrogen (secondary N) is 1. The third-order valence-corrected chi connectivity index (χ3v) is 4.86. The van der Waals surface area contributed by atoms with Gasteiger partial charge in [0.15, 0.2) is 5.82 Å². The van der Waals surface area contributed by atoms with Crippen LogP contribution in [0.1, 0.15) is 30.1 Å². The van der Waals surface area contributed by atoms with Crippen molar-refractivity contribution in [3.63, 3.8) is 0 Å². The summed E-state index contributed by atoms with van der Waals surface area (Å²) in [7, 11) is 0. The molecule has 1 fully saturated rings. The van der Waals surface area contributed by atoms with E-state index in [-0.39, 0.29) is 23.2 Å². The molecule has 1 saturated heterocycles. The van der Waals surface area contributed by atoms with Crippen molar-refractivity contribution in [1.29, 1.82) is 5.26 Å². The number of hydrogen-bond donors (Lipinski definition) is 2. The van der Waals surface area contributed by atoms with Gasteiger partial charge in [0.2, 0.25) is 0 Å². The predicted octanol–water partition coefficient (Wildman–Crippen LogP) is 2.15. The van der Waals surface area contributed by atoms with E-state index in [1.54, 1.807) is 4.90 Å². The molecule has 2 heterocycles. The Morgan fingerprint density at radius 1 is 1.39 bits per heavy atom. The molecule has 0 radical (unpaired) electrons. The number of nitriles is 1. The quantitative estimate of drug-likeness (QED) is 0.816. The number of amides is 2. The lowest BCUT2D eigenvalue weighted by Gasteiger charge is -2.34. The average Bonchev–Trinajstić information content (AvgIpc) is 3.06. The maximum Gasteiger partial charge on any atom is 0.435 e. The van der Waals surface area contributed by atoms with E-state index in [0.717, 1.165) is 17.0 Å². The fraction of sp³-hybridized carbons (Fsp3) is 0.368. The molecule has 28 heavy (non-hydrogen) atoms. The highest BCUT2D eigenvalue weighted by Crippen LogP contribution is 2.26. The van der Waals surface area contributed by atoms with Gasteiger partial charge in [0.05, 0.1) is 12.3 Å². The number of carbonyl (C=O) groups excluding carboxylic acids is 2. The first-order valence-electron chi connectivity index (χ1n) is 9.03. The second kappa shape index (κ2) is 8.43. The minimum Gasteiger partial charge on any atom is -0.365 e. The summed E-state index contributed by atoms with van der Waals surface area (Å²) in [6.45, 7) is 3.03. The third-order valence-electron chi connectivity index (χ3n) is 4.86. The molecule has 2 aromatic rings. The second-order valence-corrected chi connectivity index (χ2v) is 6.84. The first kappa shape index (κ1) is 19.2. The molecule has 1 aliphatic rings. The minimum atomic E-state index is -0.688. The van der Waals surface area contributed by atoms with E-state index in [0.29, 0.717) is 19.5 Å². The molecule has 0 saturated carbocycles. The van der Waals surface area contributed by atoms with Gasteiger partial charge in [-0.25, -0.2) is 4.79 Å². The molecule has 9 heteroatoms. The highest BCUT2D eigenvalue weighted by atomic mass is 16.7. The topological polar surface area (TPSA) is 126 Å². The summed E-state index contributed by atoms with van der Waals surface area (Å²) in [6, 6.07) is 11.3. The van der Waals surface area contributed by atoms with Crippen molar-refractivity contribution in [2.75, 3.05) is 18.4 Å². The zero-order valence-corrected chi connectivity index (χ0v) is 15.5. The van der Waals surface area contributed by atoms with Gasteiger partial charge >= 0.3 is 6.09 Å². The van der Waals surface area contributed by atoms with Gasteiger partial charge in [-0.2, -0.15) is 5.26 Å². The molecule has 2 unspecified atom stereocenters. The average molecular weight is 382 g/mol. The summed E-state index contributed by atoms with van der Waals surface area (Å²) in [6.07, 6.45) is 1.94. The SMILES string of the molecule is CC1CN(C(=O)On2cc(C(N)=O)c(Nc3ccccc3)n2)CCC1CC#N. The lowest BCUT2D eigenvalue weighted by Crippen LogP contribution is -2.45. The Bertz CT molecular complexity index is 889. The number of aromatic nitrogens is 2. The number of likely N-dealkylation sites (tertiary alicyclic amines) is 1. The van der Waals surface area contributed by atoms with Crippen molar-refractivity contribution < 1.29 is 14.4 Å². The number of benzene rings is 1. The van der Waals surface area contributed by atoms with Crippen LogP contribution in [0, 0.1) is 23.2 Å². The van der Waals surface area contributed by atoms with E-state index < -0.39 is 12.0 Å². The Hall–Kier alpha value is -3.54. The number of nitrogens with zero attached hydrogens (tertiary/aromatic N) is 4. The van der Waals surface area contributed by atoms with Crippen molar-refractivity contribution >= 4 is 23.5 Å². The van der Waals surface area contributed by atoms with Crippen molar-refractivity contribution in [2.45, 2.75) is 19.8 Å². The van der Waals surface area contributed by atoms with Crippen LogP contribution in [0.3, 0.4) is 0 Å². The second-order valence-electron chi connectivity index (χ2n) is 6.84. The van der Waals surface area contributed by atoms with Gasteiger partial charge in [0.25, 0.3) is 5.91 Å². The highest BCUT2D eigenvalue weighted by molar-refractivity contribution is 5.98. The fourth-order valence-corrected chi connectivity index (χ4v) is 3.25. The van der Waals surface area contributed by atoms with Crippen LogP contribution in [-0.4, -0.2) is 39.9 Å². The summed E-state index contributed by atoms with van der Waals surface area (Å²) >= 11 is 0. The fourth-order valence-electron chi connectivity index (χ4n) is 3.25. The largest absolute Gasteiger partial charge is 0.435 e. The molecular weight excluding hydrogens is 360 g/mol. The molecule has 9 nitrogen and oxygen atoms in total. The molecule has 146 valence electrons. The number of primary amides is 1. The summed E-state index contributed by atoms with van der Waals surface area (Å²) in [5.41, 5.74) is 6.23. The van der Waals surface area contributed by atoms with Gasteiger partial charge in [-0.05, 0) is 30.4 Å². The number of piperidine rings is 1. The molecule has 2 atom stereocenters. The predicted molar refractivity (Wildman–Crippen MR) is 102 cm³/mol. The lowest BCUT2D eigenvalue weighted by molar-refractivity contribution is 0.0560. The monoisotopic (exact) mass is 382 g/mol. The smallest absolute Gasteiger partial charge is 0.365 e. The Kier molecular flexibility index (Phi) is 5.79. The number of hydrogen-bond acceptors (Lipinski definition) is 6. The van der Waals surface area contributed by atoms with Gasteiger partial charge in [-0.1, -0.05) is 30.0 Å². The van der Waals surface area contributed by atoms with Crippen LogP contribution in [0.15, 0.2) is 36.5 Å². The van der Waals surface area contributed by atoms with Crippen LogP contribution in [0.5, 0.6) is 0 Å². The van der Waals surface area contributed by atoms with Crippen molar-refractivity contribution in [2.24, 2.45) is 17.6 Å². The molecule has 2 amide bonds. The standard InChI is InChI=1S/C19H22N6O3/c1-13-11-24(10-8-14(13)7-9-20)19(27)28-25-12-16(17(21)26)18(23-25)22-15-5-3-2-4-6-15/h2-6,12-14H,7-8,10-11H2,1H3,(H2,21,26)(H,22,23). The van der Waals surface area contributed by atoms with Gasteiger partial charge in [-0.3, -0.25) is 9.63 Å². The highest BCUT2D eigenvalue weighted by Gasteiger charge is 2.30. The van der Waals surface area contributed by atoms with Gasteiger partial charge in [0, 0.05) is 25.2 Å². The van der Waals surface area contributed by atoms with Crippen LogP contribution in [0.2, 0.25) is 0 Å². The summed E-state index contributed by atoms with van der Waals surface area (Å²) in [5, 5.41) is 16.0. The zero-order valence-electron chi connectivity index (χ0n) is 15.5. The Balaban J connectivity index is 1.69. The maximum absolute atomic E-state index is 12.5. The molecule has 1 aromatic heterocycles. The van der Waals surface area contributed by atoms with Crippen molar-refractivity contribution in [3.05, 3.63) is 42.1 Å². The van der Waals surface area contributed by atoms with Crippen LogP contribution < -0.4 is 15.9 Å². The third kappa shape index (κ3) is 4.40. The minimum absolute atomic E-state index is 0.109. The van der Waals surface area contributed by atoms with Gasteiger partial charge in [0.1, 0.15) is 5.56 Å². The summed E-state index contributed by atoms with van der Waals surface area (Å²) in [5.74, 6) is -0.00350. The lowest BCUT2D eigenvalue weighted by atomic mass is 9.85. The molecular formula is C19H22N6O3. The van der Waals surface area contributed by atoms with Gasteiger partial charge in [-0.15, -0.1) is 5.10 Å². The Morgan fingerprint density at radius 2 is 2.14 bits per heavy atom. The van der Waals surface area contributed by atoms with E-state index in [9.17, 15) is 9.59 Å². The Labute approximate surface area is 162 Å². The van der Waals surface area contributed by atoms with Crippen LogP contribution >= 0.6 is 0 Å². The summed E-state index contributed by atoms with van der Waals surface area (Å²) < 4.78 is 0. The number of para-hydroxylation sites is 1. The van der Waals surface area contributed by atoms with Crippen molar-refractivity contribution in [3.8, 4) is 6.07 Å². The molecule has 0 bridgehead atoms. The van der Waals surface area contributed by atoms with Crippen molar-refractivity contribution in [1.82, 2.24) is 14.8 Å². The van der Waals surface area contributed by atoms with Gasteiger partial charge < -0.3 is 16.0 Å². The van der Waals surface area contributed by atoms with E-state index >= 15 is 0 Å². The number of rotatable bonds is 5. The number of anilines is 2. The first-order valence-corrected chi connectivity index (χ1v) is 9.03. The normalized spacial score (nSPS) is 18.9. The molecule has 0 spiro atoms. The van der Waals surface area contributed by atoms with Crippen LogP contribution in [0.25, 0.3) is 0 Å². The van der Waals surface area contributed by atoms with E-state index in [1.807, 2.05) is 37.3 Å². The summed E-state index contributed by atoms with van der Waals surface area (Å²) in [4.78, 5) is 32.0. The first-order chi connectivity index (χ1) is 13.5. The molecule has 3 rings (SSSR count). The van der Waals surface area contributed by atoms with E-state index in [1.165, 1.54) is 6.20 Å².